The van der Waals surface area contributed by atoms with E-state index in [9.17, 15) is 0 Å². The van der Waals surface area contributed by atoms with Crippen LogP contribution in [-0.2, 0) is 0 Å². The molecule has 0 aliphatic heterocycles. The molecule has 0 aliphatic carbocycles. The summed E-state index contributed by atoms with van der Waals surface area (Å²) >= 11 is 0. The highest BCUT2D eigenvalue weighted by atomic mass is 19.2. The van der Waals surface area contributed by atoms with Crippen LogP contribution < -0.4 is 11.1 Å². The molecule has 0 radical (unpaired) electrons. The van der Waals surface area contributed by atoms with Gasteiger partial charge in [0.25, 0.3) is 0 Å². The summed E-state index contributed by atoms with van der Waals surface area (Å²) in [6.45, 7) is 5.02. The van der Waals surface area contributed by atoms with E-state index in [0.29, 0.717) is 11.1 Å². The number of rotatable bonds is 8. The fraction of sp³-hybridized carbons (Fsp3) is 0.200. The molecule has 174 valence electrons. The van der Waals surface area contributed by atoms with Gasteiger partial charge in [-0.1, -0.05) is 86.6 Å². The lowest BCUT2D eigenvalue weighted by Crippen LogP contribution is -2.07. The molecule has 4 aromatic rings. The average Bonchev–Trinajstić information content (AvgIpc) is 2.89. The number of halogens is 2. The maximum atomic E-state index is 15.1. The van der Waals surface area contributed by atoms with E-state index < -0.39 is 11.6 Å². The summed E-state index contributed by atoms with van der Waals surface area (Å²) in [5.41, 5.74) is 12.0. The fourth-order valence-corrected chi connectivity index (χ4v) is 4.03. The topological polar surface area (TPSA) is 38.0 Å². The summed E-state index contributed by atoms with van der Waals surface area (Å²) in [4.78, 5) is 0. The van der Waals surface area contributed by atoms with E-state index >= 15 is 8.78 Å². The lowest BCUT2D eigenvalue weighted by molar-refractivity contribution is 0.514. The van der Waals surface area contributed by atoms with Crippen molar-refractivity contribution in [2.24, 2.45) is 5.73 Å². The van der Waals surface area contributed by atoms with Crippen molar-refractivity contribution in [2.45, 2.75) is 32.7 Å². The van der Waals surface area contributed by atoms with E-state index in [4.69, 9.17) is 5.73 Å². The number of nitrogens with two attached hydrogens (primary N) is 1. The number of benzene rings is 4. The molecule has 0 saturated carbocycles. The first-order valence-electron chi connectivity index (χ1n) is 11.8. The normalized spacial score (nSPS) is 11.9. The molecule has 2 nitrogen and oxygen atoms in total. The van der Waals surface area contributed by atoms with E-state index in [0.717, 1.165) is 41.8 Å². The van der Waals surface area contributed by atoms with Gasteiger partial charge < -0.3 is 11.1 Å². The van der Waals surface area contributed by atoms with Gasteiger partial charge in [-0.3, -0.25) is 0 Å². The smallest absolute Gasteiger partial charge is 0.167 e. The molecule has 0 aromatic heterocycles. The van der Waals surface area contributed by atoms with Crippen molar-refractivity contribution in [1.82, 2.24) is 0 Å². The van der Waals surface area contributed by atoms with Gasteiger partial charge in [0.15, 0.2) is 11.6 Å². The largest absolute Gasteiger partial charge is 0.385 e. The summed E-state index contributed by atoms with van der Waals surface area (Å²) in [5, 5.41) is 3.28. The van der Waals surface area contributed by atoms with E-state index in [1.165, 1.54) is 0 Å². The summed E-state index contributed by atoms with van der Waals surface area (Å²) in [7, 11) is 0. The first-order chi connectivity index (χ1) is 16.5. The second-order valence-corrected chi connectivity index (χ2v) is 8.51. The van der Waals surface area contributed by atoms with Crippen LogP contribution in [0.2, 0.25) is 0 Å². The second kappa shape index (κ2) is 10.6. The van der Waals surface area contributed by atoms with Crippen molar-refractivity contribution in [3.05, 3.63) is 102 Å². The van der Waals surface area contributed by atoms with Gasteiger partial charge in [0.1, 0.15) is 0 Å². The Hall–Kier alpha value is -3.50. The molecule has 0 bridgehead atoms. The molecule has 0 spiro atoms. The summed E-state index contributed by atoms with van der Waals surface area (Å²) in [5.74, 6) is -1.67. The third-order valence-electron chi connectivity index (χ3n) is 6.17. The number of hydrogen-bond donors (Lipinski definition) is 2. The molecule has 0 amide bonds. The van der Waals surface area contributed by atoms with Crippen molar-refractivity contribution in [2.75, 3.05) is 11.9 Å². The maximum Gasteiger partial charge on any atom is 0.167 e. The zero-order chi connectivity index (χ0) is 24.1. The van der Waals surface area contributed by atoms with Crippen molar-refractivity contribution in [3.63, 3.8) is 0 Å². The number of hydrogen-bond acceptors (Lipinski definition) is 2. The Morgan fingerprint density at radius 3 is 1.56 bits per heavy atom. The highest BCUT2D eigenvalue weighted by molar-refractivity contribution is 5.75. The fourth-order valence-electron chi connectivity index (χ4n) is 4.03. The highest BCUT2D eigenvalue weighted by Crippen LogP contribution is 2.33. The zero-order valence-electron chi connectivity index (χ0n) is 19.6. The van der Waals surface area contributed by atoms with Crippen LogP contribution in [0.4, 0.5) is 14.5 Å². The van der Waals surface area contributed by atoms with Gasteiger partial charge in [-0.15, -0.1) is 0 Å². The molecular weight excluding hydrogens is 426 g/mol. The van der Waals surface area contributed by atoms with Crippen LogP contribution in [0, 0.1) is 11.6 Å². The van der Waals surface area contributed by atoms with Crippen molar-refractivity contribution >= 4 is 5.69 Å². The molecule has 0 fully saturated rings. The molecule has 4 heteroatoms. The predicted octanol–water partition coefficient (Wildman–Crippen LogP) is 8.20. The Morgan fingerprint density at radius 2 is 1.09 bits per heavy atom. The van der Waals surface area contributed by atoms with E-state index in [1.807, 2.05) is 72.8 Å². The van der Waals surface area contributed by atoms with E-state index in [-0.39, 0.29) is 17.2 Å². The lowest BCUT2D eigenvalue weighted by atomic mass is 9.96. The van der Waals surface area contributed by atoms with Gasteiger partial charge in [-0.05, 0) is 52.8 Å². The Labute approximate surface area is 200 Å². The SMILES string of the molecule is CCCNc1ccc(-c2ccc(-c3ccc(-c4ccc(C(N)CC)cc4)cc3)c(F)c2F)cc1. The van der Waals surface area contributed by atoms with Gasteiger partial charge in [-0.2, -0.15) is 0 Å². The minimum Gasteiger partial charge on any atom is -0.385 e. The molecule has 34 heavy (non-hydrogen) atoms. The quantitative estimate of drug-likeness (QED) is 0.280. The molecule has 1 unspecified atom stereocenters. The zero-order valence-corrected chi connectivity index (χ0v) is 19.6. The van der Waals surface area contributed by atoms with Crippen LogP contribution in [-0.4, -0.2) is 6.54 Å². The van der Waals surface area contributed by atoms with Crippen LogP contribution in [0.5, 0.6) is 0 Å². The summed E-state index contributed by atoms with van der Waals surface area (Å²) in [6, 6.07) is 26.4. The Bertz CT molecular complexity index is 1230. The van der Waals surface area contributed by atoms with Gasteiger partial charge in [0.2, 0.25) is 0 Å². The van der Waals surface area contributed by atoms with Crippen LogP contribution in [0.25, 0.3) is 33.4 Å². The maximum absolute atomic E-state index is 15.1. The molecule has 0 heterocycles. The van der Waals surface area contributed by atoms with Crippen LogP contribution in [0.15, 0.2) is 84.9 Å². The van der Waals surface area contributed by atoms with Crippen LogP contribution in [0.3, 0.4) is 0 Å². The minimum absolute atomic E-state index is 0.0351. The third-order valence-corrected chi connectivity index (χ3v) is 6.17. The molecule has 3 N–H and O–H groups in total. The Kier molecular flexibility index (Phi) is 7.39. The van der Waals surface area contributed by atoms with Crippen LogP contribution >= 0.6 is 0 Å². The van der Waals surface area contributed by atoms with Gasteiger partial charge in [-0.25, -0.2) is 8.78 Å². The molecule has 0 aliphatic rings. The number of nitrogens with one attached hydrogen (secondary N) is 1. The Morgan fingerprint density at radius 1 is 0.647 bits per heavy atom. The van der Waals surface area contributed by atoms with Gasteiger partial charge >= 0.3 is 0 Å². The first-order valence-corrected chi connectivity index (χ1v) is 11.8. The standard InChI is InChI=1S/C30H30F2N2/c1-3-19-34-25-15-13-23(14-16-25)27-18-17-26(29(31)30(27)32)22-9-5-20(6-10-22)21-7-11-24(12-8-21)28(33)4-2/h5-18,28,34H,3-4,19,33H2,1-2H3. The molecule has 4 aromatic carbocycles. The number of anilines is 1. The van der Waals surface area contributed by atoms with Crippen molar-refractivity contribution < 1.29 is 8.78 Å². The van der Waals surface area contributed by atoms with E-state index in [2.05, 4.69) is 19.2 Å². The monoisotopic (exact) mass is 456 g/mol. The predicted molar refractivity (Wildman–Crippen MR) is 139 cm³/mol. The van der Waals surface area contributed by atoms with Gasteiger partial charge in [0.05, 0.1) is 0 Å². The molecule has 4 rings (SSSR count). The lowest BCUT2D eigenvalue weighted by Gasteiger charge is -2.12. The van der Waals surface area contributed by atoms with Crippen LogP contribution in [0.1, 0.15) is 38.3 Å². The highest BCUT2D eigenvalue weighted by Gasteiger charge is 2.16. The second-order valence-electron chi connectivity index (χ2n) is 8.51. The minimum atomic E-state index is -0.837. The Balaban J connectivity index is 1.56. The molecule has 1 atom stereocenters. The van der Waals surface area contributed by atoms with Gasteiger partial charge in [0, 0.05) is 29.4 Å². The van der Waals surface area contributed by atoms with E-state index in [1.54, 1.807) is 12.1 Å². The first kappa shape index (κ1) is 23.7. The summed E-state index contributed by atoms with van der Waals surface area (Å²) < 4.78 is 30.1. The van der Waals surface area contributed by atoms with Crippen molar-refractivity contribution in [3.8, 4) is 33.4 Å². The average molecular weight is 457 g/mol. The molecular formula is C30H30F2N2. The molecule has 0 saturated heterocycles. The summed E-state index contributed by atoms with van der Waals surface area (Å²) in [6.07, 6.45) is 1.90. The third kappa shape index (κ3) is 5.02. The van der Waals surface area contributed by atoms with Crippen molar-refractivity contribution in [1.29, 1.82) is 0 Å².